The average Bonchev–Trinajstić information content (AvgIpc) is 3.65. The van der Waals surface area contributed by atoms with E-state index >= 15 is 0 Å². The van der Waals surface area contributed by atoms with Crippen molar-refractivity contribution in [2.24, 2.45) is 5.92 Å². The van der Waals surface area contributed by atoms with Gasteiger partial charge < -0.3 is 20.5 Å². The first-order valence-corrected chi connectivity index (χ1v) is 11.8. The van der Waals surface area contributed by atoms with Crippen molar-refractivity contribution in [2.75, 3.05) is 17.7 Å². The molecular weight excluding hydrogens is 452 g/mol. The van der Waals surface area contributed by atoms with Gasteiger partial charge in [0.25, 0.3) is 0 Å². The van der Waals surface area contributed by atoms with Crippen molar-refractivity contribution in [2.45, 2.75) is 36.8 Å². The highest BCUT2D eigenvalue weighted by Gasteiger charge is 2.30. The average molecular weight is 479 g/mol. The highest BCUT2D eigenvalue weighted by molar-refractivity contribution is 7.99. The number of pyridine rings is 2. The van der Waals surface area contributed by atoms with Gasteiger partial charge in [-0.1, -0.05) is 19.9 Å². The number of amides is 1. The summed E-state index contributed by atoms with van der Waals surface area (Å²) in [6, 6.07) is 11.0. The molecule has 2 heterocycles. The Kier molecular flexibility index (Phi) is 7.02. The fourth-order valence-electron chi connectivity index (χ4n) is 3.46. The molecule has 34 heavy (non-hydrogen) atoms. The minimum Gasteiger partial charge on any atom is -0.494 e. The van der Waals surface area contributed by atoms with Crippen molar-refractivity contribution in [3.63, 3.8) is 0 Å². The zero-order valence-corrected chi connectivity index (χ0v) is 20.0. The summed E-state index contributed by atoms with van der Waals surface area (Å²) in [5.41, 5.74) is 2.34. The van der Waals surface area contributed by atoms with Crippen LogP contribution in [-0.2, 0) is 4.79 Å². The number of methoxy groups -OCH3 is 1. The number of ether oxygens (including phenoxy) is 1. The number of nitrogens with zero attached hydrogens (tertiary/aromatic N) is 2. The van der Waals surface area contributed by atoms with Crippen molar-refractivity contribution in [1.29, 1.82) is 0 Å². The van der Waals surface area contributed by atoms with Crippen molar-refractivity contribution < 1.29 is 19.4 Å². The van der Waals surface area contributed by atoms with E-state index in [1.807, 2.05) is 30.5 Å². The number of hydrogen-bond donors (Lipinski definition) is 3. The van der Waals surface area contributed by atoms with E-state index in [0.29, 0.717) is 28.2 Å². The lowest BCUT2D eigenvalue weighted by Crippen LogP contribution is -2.15. The first kappa shape index (κ1) is 23.6. The van der Waals surface area contributed by atoms with Crippen molar-refractivity contribution in [3.8, 4) is 17.0 Å². The lowest BCUT2D eigenvalue weighted by Gasteiger charge is -2.17. The zero-order valence-electron chi connectivity index (χ0n) is 19.2. The molecule has 0 saturated heterocycles. The quantitative estimate of drug-likeness (QED) is 0.348. The third-order valence-corrected chi connectivity index (χ3v) is 6.19. The Balaban J connectivity index is 1.66. The molecule has 0 spiro atoms. The van der Waals surface area contributed by atoms with E-state index in [1.54, 1.807) is 24.9 Å². The second-order valence-corrected chi connectivity index (χ2v) is 9.89. The SMILES string of the molecule is COc1c(Nc2cc(NC(=O)C3CC3)ncc2C(=O)O)cccc1-c1ccc(SC(C)C)cn1. The van der Waals surface area contributed by atoms with Crippen LogP contribution in [0.5, 0.6) is 5.75 Å². The van der Waals surface area contributed by atoms with Gasteiger partial charge in [-0.3, -0.25) is 9.78 Å². The fourth-order valence-corrected chi connectivity index (χ4v) is 4.26. The molecule has 3 N–H and O–H groups in total. The molecule has 0 unspecified atom stereocenters. The van der Waals surface area contributed by atoms with Gasteiger partial charge in [-0.25, -0.2) is 9.78 Å². The van der Waals surface area contributed by atoms with Gasteiger partial charge in [0, 0.05) is 40.1 Å². The third-order valence-electron chi connectivity index (χ3n) is 5.21. The number of anilines is 3. The Morgan fingerprint density at radius 2 is 1.91 bits per heavy atom. The molecule has 1 aliphatic rings. The van der Waals surface area contributed by atoms with E-state index in [2.05, 4.69) is 34.4 Å². The Labute approximate surface area is 202 Å². The third kappa shape index (κ3) is 5.48. The molecule has 4 rings (SSSR count). The smallest absolute Gasteiger partial charge is 0.339 e. The number of hydrogen-bond acceptors (Lipinski definition) is 7. The number of rotatable bonds is 9. The van der Waals surface area contributed by atoms with E-state index in [4.69, 9.17) is 4.74 Å². The molecule has 1 fully saturated rings. The fraction of sp³-hybridized carbons (Fsp3) is 0.280. The number of carbonyl (C=O) groups excluding carboxylic acids is 1. The lowest BCUT2D eigenvalue weighted by atomic mass is 10.1. The number of para-hydroxylation sites is 1. The van der Waals surface area contributed by atoms with Gasteiger partial charge in [0.15, 0.2) is 5.75 Å². The molecule has 0 bridgehead atoms. The van der Waals surface area contributed by atoms with E-state index in [1.165, 1.54) is 12.3 Å². The van der Waals surface area contributed by atoms with E-state index in [0.717, 1.165) is 29.0 Å². The number of carboxylic acids is 1. The lowest BCUT2D eigenvalue weighted by molar-refractivity contribution is -0.117. The predicted octanol–water partition coefficient (Wildman–Crippen LogP) is 5.44. The molecule has 9 heteroatoms. The maximum Gasteiger partial charge on any atom is 0.339 e. The van der Waals surface area contributed by atoms with Crippen LogP contribution < -0.4 is 15.4 Å². The summed E-state index contributed by atoms with van der Waals surface area (Å²) in [6.07, 6.45) is 4.79. The molecule has 0 atom stereocenters. The van der Waals surface area contributed by atoms with Gasteiger partial charge in [-0.2, -0.15) is 0 Å². The van der Waals surface area contributed by atoms with E-state index in [-0.39, 0.29) is 17.4 Å². The number of aromatic carboxylic acids is 1. The molecule has 1 amide bonds. The van der Waals surface area contributed by atoms with Crippen LogP contribution in [0, 0.1) is 5.92 Å². The minimum atomic E-state index is -1.13. The zero-order chi connectivity index (χ0) is 24.2. The summed E-state index contributed by atoms with van der Waals surface area (Å²) in [7, 11) is 1.55. The largest absolute Gasteiger partial charge is 0.494 e. The molecule has 1 saturated carbocycles. The first-order valence-electron chi connectivity index (χ1n) is 11.0. The molecule has 0 radical (unpaired) electrons. The molecule has 8 nitrogen and oxygen atoms in total. The molecule has 176 valence electrons. The second-order valence-electron chi connectivity index (χ2n) is 8.24. The Morgan fingerprint density at radius 3 is 2.53 bits per heavy atom. The van der Waals surface area contributed by atoms with Crippen molar-refractivity contribution in [1.82, 2.24) is 9.97 Å². The van der Waals surface area contributed by atoms with E-state index < -0.39 is 5.97 Å². The van der Waals surface area contributed by atoms with Crippen LogP contribution >= 0.6 is 11.8 Å². The summed E-state index contributed by atoms with van der Waals surface area (Å²) in [4.78, 5) is 33.7. The minimum absolute atomic E-state index is 0.00645. The Morgan fingerprint density at radius 1 is 1.12 bits per heavy atom. The topological polar surface area (TPSA) is 113 Å². The van der Waals surface area contributed by atoms with Gasteiger partial charge in [0.2, 0.25) is 5.91 Å². The highest BCUT2D eigenvalue weighted by atomic mass is 32.2. The van der Waals surface area contributed by atoms with Crippen LogP contribution in [0.4, 0.5) is 17.2 Å². The summed E-state index contributed by atoms with van der Waals surface area (Å²) >= 11 is 1.73. The second kappa shape index (κ2) is 10.1. The Hall–Kier alpha value is -3.59. The number of benzene rings is 1. The summed E-state index contributed by atoms with van der Waals surface area (Å²) in [6.45, 7) is 4.26. The van der Waals surface area contributed by atoms with Gasteiger partial charge >= 0.3 is 5.97 Å². The maximum absolute atomic E-state index is 12.1. The van der Waals surface area contributed by atoms with Gasteiger partial charge in [-0.15, -0.1) is 11.8 Å². The summed E-state index contributed by atoms with van der Waals surface area (Å²) in [5.74, 6) is -0.418. The molecule has 1 aromatic carbocycles. The normalized spacial score (nSPS) is 12.9. The van der Waals surface area contributed by atoms with Crippen LogP contribution in [0.15, 0.2) is 53.7 Å². The van der Waals surface area contributed by atoms with Crippen LogP contribution in [0.3, 0.4) is 0 Å². The molecule has 3 aromatic rings. The van der Waals surface area contributed by atoms with Crippen molar-refractivity contribution >= 4 is 40.8 Å². The monoisotopic (exact) mass is 478 g/mol. The molecule has 2 aromatic heterocycles. The number of carboxylic acid groups (broad SMARTS) is 1. The van der Waals surface area contributed by atoms with Crippen LogP contribution in [0.25, 0.3) is 11.3 Å². The highest BCUT2D eigenvalue weighted by Crippen LogP contribution is 2.38. The predicted molar refractivity (Wildman–Crippen MR) is 133 cm³/mol. The maximum atomic E-state index is 12.1. The summed E-state index contributed by atoms with van der Waals surface area (Å²) in [5, 5.41) is 16.0. The standard InChI is InChI=1S/C25H26N4O4S/c1-14(2)34-16-9-10-19(26-12-16)17-5-4-6-20(23(17)33-3)28-21-11-22(27-13-18(21)25(31)32)29-24(30)15-7-8-15/h4-6,9-15H,7-8H2,1-3H3,(H,31,32)(H2,27,28,29,30). The van der Waals surface area contributed by atoms with Crippen LogP contribution in [0.2, 0.25) is 0 Å². The molecular formula is C25H26N4O4S. The summed E-state index contributed by atoms with van der Waals surface area (Å²) < 4.78 is 5.69. The van der Waals surface area contributed by atoms with Crippen LogP contribution in [-0.4, -0.2) is 39.3 Å². The molecule has 0 aliphatic heterocycles. The Bertz CT molecular complexity index is 1210. The number of carbonyl (C=O) groups is 2. The van der Waals surface area contributed by atoms with Crippen LogP contribution in [0.1, 0.15) is 37.0 Å². The van der Waals surface area contributed by atoms with Gasteiger partial charge in [0.05, 0.1) is 24.2 Å². The number of nitrogens with one attached hydrogen (secondary N) is 2. The van der Waals surface area contributed by atoms with Gasteiger partial charge in [0.1, 0.15) is 11.4 Å². The van der Waals surface area contributed by atoms with Crippen molar-refractivity contribution in [3.05, 3.63) is 54.4 Å². The number of aromatic nitrogens is 2. The van der Waals surface area contributed by atoms with Gasteiger partial charge in [-0.05, 0) is 37.1 Å². The number of thioether (sulfide) groups is 1. The van der Waals surface area contributed by atoms with E-state index in [9.17, 15) is 14.7 Å². The molecule has 1 aliphatic carbocycles. The first-order chi connectivity index (χ1) is 16.4.